The van der Waals surface area contributed by atoms with E-state index in [-0.39, 0.29) is 18.1 Å². The van der Waals surface area contributed by atoms with Gasteiger partial charge in [0.2, 0.25) is 0 Å². The number of aliphatic hydroxyl groups is 1. The van der Waals surface area contributed by atoms with Crippen molar-refractivity contribution in [2.45, 2.75) is 44.2 Å². The van der Waals surface area contributed by atoms with Gasteiger partial charge < -0.3 is 29.5 Å². The van der Waals surface area contributed by atoms with Crippen LogP contribution < -0.4 is 14.2 Å². The number of carbonyl (C=O) groups is 2. The van der Waals surface area contributed by atoms with Crippen molar-refractivity contribution in [2.24, 2.45) is 4.99 Å². The number of aromatic nitrogens is 2. The Morgan fingerprint density at radius 2 is 1.69 bits per heavy atom. The highest BCUT2D eigenvalue weighted by Crippen LogP contribution is 2.44. The number of ether oxygens (including phenoxy) is 3. The number of aliphatic imine (C=N–C) groups is 1. The SMILES string of the molecule is CCOc1cc2c(cc1OC)C(c1cnc(OC)nc1)=N[C@@H]1CC[C@@H](O)C[C@H]21.O=C(O)/C=C/C(=O)O. The second-order valence-corrected chi connectivity index (χ2v) is 8.11. The molecular weight excluding hydrogens is 470 g/mol. The summed E-state index contributed by atoms with van der Waals surface area (Å²) in [5.41, 5.74) is 3.78. The van der Waals surface area contributed by atoms with E-state index in [1.165, 1.54) is 0 Å². The lowest BCUT2D eigenvalue weighted by Gasteiger charge is -2.37. The molecule has 1 saturated carbocycles. The van der Waals surface area contributed by atoms with Gasteiger partial charge in [0, 0.05) is 41.6 Å². The van der Waals surface area contributed by atoms with Crippen molar-refractivity contribution in [1.82, 2.24) is 9.97 Å². The number of nitrogens with zero attached hydrogens (tertiary/aromatic N) is 3. The molecule has 2 aromatic rings. The molecule has 1 aliphatic heterocycles. The summed E-state index contributed by atoms with van der Waals surface area (Å²) in [6.45, 7) is 2.51. The van der Waals surface area contributed by atoms with Crippen molar-refractivity contribution in [3.05, 3.63) is 53.4 Å². The van der Waals surface area contributed by atoms with Crippen molar-refractivity contribution in [3.8, 4) is 17.5 Å². The lowest BCUT2D eigenvalue weighted by molar-refractivity contribution is -0.134. The number of aliphatic hydroxyl groups excluding tert-OH is 1. The van der Waals surface area contributed by atoms with Crippen LogP contribution in [0.2, 0.25) is 0 Å². The van der Waals surface area contributed by atoms with Gasteiger partial charge in [-0.1, -0.05) is 0 Å². The molecule has 0 saturated heterocycles. The van der Waals surface area contributed by atoms with E-state index in [4.69, 9.17) is 29.4 Å². The van der Waals surface area contributed by atoms with Crippen LogP contribution in [0.15, 0.2) is 41.7 Å². The van der Waals surface area contributed by atoms with E-state index in [0.29, 0.717) is 36.9 Å². The van der Waals surface area contributed by atoms with E-state index >= 15 is 0 Å². The van der Waals surface area contributed by atoms with E-state index in [0.717, 1.165) is 41.0 Å². The number of methoxy groups -OCH3 is 2. The normalized spacial score (nSPS) is 20.2. The quantitative estimate of drug-likeness (QED) is 0.483. The predicted octanol–water partition coefficient (Wildman–Crippen LogP) is 2.45. The topological polar surface area (TPSA) is 161 Å². The first-order chi connectivity index (χ1) is 17.3. The number of aliphatic carboxylic acids is 2. The van der Waals surface area contributed by atoms with E-state index in [1.54, 1.807) is 26.6 Å². The maximum Gasteiger partial charge on any atom is 0.328 e. The molecule has 1 fully saturated rings. The lowest BCUT2D eigenvalue weighted by Crippen LogP contribution is -2.34. The maximum atomic E-state index is 10.2. The monoisotopic (exact) mass is 499 g/mol. The summed E-state index contributed by atoms with van der Waals surface area (Å²) in [4.78, 5) is 32.6. The second-order valence-electron chi connectivity index (χ2n) is 8.11. The van der Waals surface area contributed by atoms with Crippen LogP contribution in [0.3, 0.4) is 0 Å². The third-order valence-electron chi connectivity index (χ3n) is 5.82. The van der Waals surface area contributed by atoms with Crippen LogP contribution in [-0.4, -0.2) is 75.9 Å². The Bertz CT molecular complexity index is 1130. The van der Waals surface area contributed by atoms with E-state index < -0.39 is 11.9 Å². The summed E-state index contributed by atoms with van der Waals surface area (Å²) in [6, 6.07) is 4.46. The van der Waals surface area contributed by atoms with Gasteiger partial charge in [-0.2, -0.15) is 0 Å². The molecule has 3 N–H and O–H groups in total. The molecule has 2 aliphatic rings. The van der Waals surface area contributed by atoms with Crippen LogP contribution in [0.1, 0.15) is 48.8 Å². The number of carboxylic acid groups (broad SMARTS) is 2. The lowest BCUT2D eigenvalue weighted by atomic mass is 9.74. The Labute approximate surface area is 208 Å². The van der Waals surface area contributed by atoms with Gasteiger partial charge in [-0.05, 0) is 43.9 Å². The van der Waals surface area contributed by atoms with Gasteiger partial charge in [0.25, 0.3) is 0 Å². The van der Waals surface area contributed by atoms with Crippen LogP contribution >= 0.6 is 0 Å². The Balaban J connectivity index is 0.000000392. The summed E-state index contributed by atoms with van der Waals surface area (Å²) < 4.78 is 16.4. The number of hydrogen-bond acceptors (Lipinski definition) is 9. The zero-order chi connectivity index (χ0) is 26.2. The molecular formula is C25H29N3O8. The van der Waals surface area contributed by atoms with Gasteiger partial charge in [-0.25, -0.2) is 19.6 Å². The van der Waals surface area contributed by atoms with Crippen LogP contribution in [0.4, 0.5) is 0 Å². The number of hydrogen-bond donors (Lipinski definition) is 3. The molecule has 3 atom stereocenters. The van der Waals surface area contributed by atoms with Crippen LogP contribution in [0, 0.1) is 0 Å². The summed E-state index contributed by atoms with van der Waals surface area (Å²) >= 11 is 0. The average Bonchev–Trinajstić information content (AvgIpc) is 2.87. The van der Waals surface area contributed by atoms with Crippen molar-refractivity contribution in [1.29, 1.82) is 0 Å². The van der Waals surface area contributed by atoms with Gasteiger partial charge in [-0.15, -0.1) is 0 Å². The Morgan fingerprint density at radius 1 is 1.03 bits per heavy atom. The van der Waals surface area contributed by atoms with Gasteiger partial charge in [-0.3, -0.25) is 4.99 Å². The highest BCUT2D eigenvalue weighted by Gasteiger charge is 2.37. The fourth-order valence-corrected chi connectivity index (χ4v) is 4.29. The fourth-order valence-electron chi connectivity index (χ4n) is 4.29. The molecule has 11 nitrogen and oxygen atoms in total. The smallest absolute Gasteiger partial charge is 0.328 e. The molecule has 4 rings (SSSR count). The average molecular weight is 500 g/mol. The first-order valence-corrected chi connectivity index (χ1v) is 11.4. The number of rotatable bonds is 7. The summed E-state index contributed by atoms with van der Waals surface area (Å²) in [7, 11) is 3.17. The Morgan fingerprint density at radius 3 is 2.25 bits per heavy atom. The molecule has 36 heavy (non-hydrogen) atoms. The highest BCUT2D eigenvalue weighted by atomic mass is 16.5. The van der Waals surface area contributed by atoms with E-state index in [1.807, 2.05) is 19.1 Å². The van der Waals surface area contributed by atoms with Crippen LogP contribution in [-0.2, 0) is 9.59 Å². The Hall–Kier alpha value is -3.99. The molecule has 0 bridgehead atoms. The molecule has 1 aromatic heterocycles. The zero-order valence-corrected chi connectivity index (χ0v) is 20.2. The van der Waals surface area contributed by atoms with Gasteiger partial charge >= 0.3 is 17.9 Å². The first-order valence-electron chi connectivity index (χ1n) is 11.4. The predicted molar refractivity (Wildman–Crippen MR) is 129 cm³/mol. The maximum absolute atomic E-state index is 10.2. The molecule has 1 aromatic carbocycles. The van der Waals surface area contributed by atoms with Crippen molar-refractivity contribution in [2.75, 3.05) is 20.8 Å². The minimum absolute atomic E-state index is 0.121. The standard InChI is InChI=1S/C21H25N3O4.C4H4O4/c1-4-28-19-8-14-15-7-13(25)5-6-17(15)24-20(16(14)9-18(19)26-2)12-10-22-21(27-3)23-11-12;5-3(6)1-2-4(7)8/h8-11,13,15,17,25H,4-7H2,1-3H3;1-2H,(H,5,6)(H,7,8)/b;2-1+/t13-,15-,17-;/m1./s1. The molecule has 0 radical (unpaired) electrons. The van der Waals surface area contributed by atoms with Gasteiger partial charge in [0.1, 0.15) is 0 Å². The van der Waals surface area contributed by atoms with Crippen molar-refractivity contribution in [3.63, 3.8) is 0 Å². The molecule has 0 unspecified atom stereocenters. The van der Waals surface area contributed by atoms with Gasteiger partial charge in [0.15, 0.2) is 11.5 Å². The van der Waals surface area contributed by atoms with Crippen molar-refractivity contribution < 1.29 is 39.1 Å². The molecule has 0 amide bonds. The molecule has 192 valence electrons. The largest absolute Gasteiger partial charge is 0.493 e. The minimum atomic E-state index is -1.26. The van der Waals surface area contributed by atoms with Crippen molar-refractivity contribution >= 4 is 17.7 Å². The van der Waals surface area contributed by atoms with Crippen LogP contribution in [0.25, 0.3) is 0 Å². The third-order valence-corrected chi connectivity index (χ3v) is 5.82. The number of benzene rings is 1. The first kappa shape index (κ1) is 26.6. The number of fused-ring (bicyclic) bond motifs is 3. The fraction of sp³-hybridized carbons (Fsp3) is 0.400. The molecule has 2 heterocycles. The number of carboxylic acids is 2. The zero-order valence-electron chi connectivity index (χ0n) is 20.2. The summed E-state index contributed by atoms with van der Waals surface area (Å²) in [5.74, 6) is -0.973. The summed E-state index contributed by atoms with van der Waals surface area (Å²) in [6.07, 6.45) is 6.59. The Kier molecular flexibility index (Phi) is 8.96. The molecule has 11 heteroatoms. The van der Waals surface area contributed by atoms with Crippen LogP contribution in [0.5, 0.6) is 17.5 Å². The summed E-state index contributed by atoms with van der Waals surface area (Å²) in [5, 5.41) is 25.9. The van der Waals surface area contributed by atoms with E-state index in [2.05, 4.69) is 9.97 Å². The third kappa shape index (κ3) is 6.36. The minimum Gasteiger partial charge on any atom is -0.493 e. The highest BCUT2D eigenvalue weighted by molar-refractivity contribution is 6.14. The van der Waals surface area contributed by atoms with Gasteiger partial charge in [0.05, 0.1) is 38.7 Å². The molecule has 0 spiro atoms. The van der Waals surface area contributed by atoms with E-state index in [9.17, 15) is 14.7 Å². The second kappa shape index (κ2) is 12.1. The molecule has 1 aliphatic carbocycles.